The quantitative estimate of drug-likeness (QED) is 0.771. The summed E-state index contributed by atoms with van der Waals surface area (Å²) in [5.41, 5.74) is 1.22. The second-order valence-corrected chi connectivity index (χ2v) is 4.25. The summed E-state index contributed by atoms with van der Waals surface area (Å²) in [7, 11) is 0. The Labute approximate surface area is 96.5 Å². The Balaban J connectivity index is 2.37. The average molecular weight is 221 g/mol. The van der Waals surface area contributed by atoms with Crippen LogP contribution in [0.25, 0.3) is 0 Å². The van der Waals surface area contributed by atoms with Crippen molar-refractivity contribution in [3.8, 4) is 0 Å². The van der Waals surface area contributed by atoms with Crippen LogP contribution in [0, 0.1) is 5.92 Å². The summed E-state index contributed by atoms with van der Waals surface area (Å²) in [6.45, 7) is 4.52. The first-order valence-electron chi connectivity index (χ1n) is 5.61. The van der Waals surface area contributed by atoms with Gasteiger partial charge in [0.05, 0.1) is 0 Å². The molecule has 0 spiro atoms. The zero-order valence-corrected chi connectivity index (χ0v) is 9.81. The Morgan fingerprint density at radius 3 is 2.44 bits per heavy atom. The molecule has 3 heteroatoms. The number of rotatable bonds is 6. The largest absolute Gasteiger partial charge is 0.480 e. The minimum Gasteiger partial charge on any atom is -0.480 e. The Bertz CT molecular complexity index is 322. The van der Waals surface area contributed by atoms with Crippen molar-refractivity contribution in [2.24, 2.45) is 5.92 Å². The summed E-state index contributed by atoms with van der Waals surface area (Å²) in [5.74, 6) is -0.670. The minimum atomic E-state index is -0.775. The molecule has 0 saturated heterocycles. The van der Waals surface area contributed by atoms with Crippen LogP contribution in [0.5, 0.6) is 0 Å². The van der Waals surface area contributed by atoms with Gasteiger partial charge in [-0.3, -0.25) is 4.79 Å². The third-order valence-corrected chi connectivity index (χ3v) is 2.55. The monoisotopic (exact) mass is 221 g/mol. The first-order chi connectivity index (χ1) is 7.61. The van der Waals surface area contributed by atoms with Crippen LogP contribution in [0.1, 0.15) is 19.4 Å². The van der Waals surface area contributed by atoms with E-state index in [0.29, 0.717) is 6.54 Å². The molecule has 2 N–H and O–H groups in total. The number of benzene rings is 1. The normalized spacial score (nSPS) is 12.7. The fraction of sp³-hybridized carbons (Fsp3) is 0.462. The van der Waals surface area contributed by atoms with Crippen molar-refractivity contribution in [2.75, 3.05) is 6.54 Å². The highest BCUT2D eigenvalue weighted by molar-refractivity contribution is 5.73. The molecular formula is C13H19NO2. The van der Waals surface area contributed by atoms with Crippen molar-refractivity contribution in [2.45, 2.75) is 26.3 Å². The van der Waals surface area contributed by atoms with E-state index in [4.69, 9.17) is 5.11 Å². The summed E-state index contributed by atoms with van der Waals surface area (Å²) in [6, 6.07) is 9.60. The minimum absolute atomic E-state index is 0.105. The Hall–Kier alpha value is -1.35. The van der Waals surface area contributed by atoms with Gasteiger partial charge in [-0.25, -0.2) is 0 Å². The first-order valence-corrected chi connectivity index (χ1v) is 5.61. The molecule has 0 aliphatic heterocycles. The average Bonchev–Trinajstić information content (AvgIpc) is 2.24. The van der Waals surface area contributed by atoms with E-state index in [-0.39, 0.29) is 5.92 Å². The molecule has 0 saturated carbocycles. The summed E-state index contributed by atoms with van der Waals surface area (Å²) in [4.78, 5) is 10.9. The van der Waals surface area contributed by atoms with Gasteiger partial charge < -0.3 is 10.4 Å². The van der Waals surface area contributed by atoms with E-state index >= 15 is 0 Å². The van der Waals surface area contributed by atoms with Crippen molar-refractivity contribution >= 4 is 5.97 Å². The molecule has 0 fully saturated rings. The van der Waals surface area contributed by atoms with E-state index in [1.165, 1.54) is 5.56 Å². The highest BCUT2D eigenvalue weighted by Crippen LogP contribution is 2.03. The molecule has 0 amide bonds. The number of carbonyl (C=O) groups is 1. The molecule has 16 heavy (non-hydrogen) atoms. The predicted octanol–water partition coefficient (Wildman–Crippen LogP) is 1.93. The lowest BCUT2D eigenvalue weighted by molar-refractivity contribution is -0.140. The van der Waals surface area contributed by atoms with Crippen molar-refractivity contribution in [1.29, 1.82) is 0 Å². The summed E-state index contributed by atoms with van der Waals surface area (Å²) < 4.78 is 0. The zero-order chi connectivity index (χ0) is 12.0. The fourth-order valence-electron chi connectivity index (χ4n) is 1.62. The Morgan fingerprint density at radius 1 is 1.31 bits per heavy atom. The lowest BCUT2D eigenvalue weighted by Crippen LogP contribution is -2.41. The number of hydrogen-bond donors (Lipinski definition) is 2. The molecular weight excluding hydrogens is 202 g/mol. The van der Waals surface area contributed by atoms with E-state index in [0.717, 1.165) is 6.42 Å². The van der Waals surface area contributed by atoms with Gasteiger partial charge in [-0.15, -0.1) is 0 Å². The SMILES string of the molecule is CC(C)[C@@H](NCCc1ccccc1)C(=O)O. The van der Waals surface area contributed by atoms with Crippen LogP contribution in [0.2, 0.25) is 0 Å². The van der Waals surface area contributed by atoms with Gasteiger partial charge in [0.15, 0.2) is 0 Å². The van der Waals surface area contributed by atoms with E-state index in [1.54, 1.807) is 0 Å². The van der Waals surface area contributed by atoms with Gasteiger partial charge in [-0.1, -0.05) is 44.2 Å². The van der Waals surface area contributed by atoms with Crippen molar-refractivity contribution in [3.63, 3.8) is 0 Å². The maximum Gasteiger partial charge on any atom is 0.320 e. The Morgan fingerprint density at radius 2 is 1.94 bits per heavy atom. The summed E-state index contributed by atoms with van der Waals surface area (Å²) >= 11 is 0. The fourth-order valence-corrected chi connectivity index (χ4v) is 1.62. The van der Waals surface area contributed by atoms with Crippen LogP contribution in [0.4, 0.5) is 0 Å². The van der Waals surface area contributed by atoms with Gasteiger partial charge >= 0.3 is 5.97 Å². The molecule has 0 heterocycles. The van der Waals surface area contributed by atoms with Crippen molar-refractivity contribution in [3.05, 3.63) is 35.9 Å². The molecule has 0 aliphatic rings. The van der Waals surface area contributed by atoms with Gasteiger partial charge in [0.25, 0.3) is 0 Å². The molecule has 0 aliphatic carbocycles. The predicted molar refractivity (Wildman–Crippen MR) is 64.4 cm³/mol. The molecule has 1 rings (SSSR count). The lowest BCUT2D eigenvalue weighted by Gasteiger charge is -2.17. The lowest BCUT2D eigenvalue weighted by atomic mass is 10.0. The van der Waals surface area contributed by atoms with Crippen LogP contribution >= 0.6 is 0 Å². The van der Waals surface area contributed by atoms with E-state index < -0.39 is 12.0 Å². The number of carboxylic acids is 1. The molecule has 88 valence electrons. The standard InChI is InChI=1S/C13H19NO2/c1-10(2)12(13(15)16)14-9-8-11-6-4-3-5-7-11/h3-7,10,12,14H,8-9H2,1-2H3,(H,15,16)/t12-/m1/s1. The molecule has 1 aromatic carbocycles. The van der Waals surface area contributed by atoms with Crippen LogP contribution in [-0.2, 0) is 11.2 Å². The third kappa shape index (κ3) is 4.03. The Kier molecular flexibility index (Phi) is 4.99. The molecule has 0 bridgehead atoms. The second kappa shape index (κ2) is 6.28. The number of hydrogen-bond acceptors (Lipinski definition) is 2. The number of carboxylic acid groups (broad SMARTS) is 1. The maximum atomic E-state index is 10.9. The van der Waals surface area contributed by atoms with Gasteiger partial charge in [0.2, 0.25) is 0 Å². The van der Waals surface area contributed by atoms with E-state index in [1.807, 2.05) is 44.2 Å². The molecule has 0 radical (unpaired) electrons. The summed E-state index contributed by atoms with van der Waals surface area (Å²) in [6.07, 6.45) is 0.858. The van der Waals surface area contributed by atoms with Crippen molar-refractivity contribution < 1.29 is 9.90 Å². The second-order valence-electron chi connectivity index (χ2n) is 4.25. The maximum absolute atomic E-state index is 10.9. The van der Waals surface area contributed by atoms with Crippen LogP contribution in [0.3, 0.4) is 0 Å². The molecule has 0 aromatic heterocycles. The van der Waals surface area contributed by atoms with Crippen LogP contribution in [-0.4, -0.2) is 23.7 Å². The van der Waals surface area contributed by atoms with E-state index in [2.05, 4.69) is 5.32 Å². The molecule has 1 aromatic rings. The van der Waals surface area contributed by atoms with Crippen molar-refractivity contribution in [1.82, 2.24) is 5.32 Å². The first kappa shape index (κ1) is 12.7. The van der Waals surface area contributed by atoms with Gasteiger partial charge in [0.1, 0.15) is 6.04 Å². The third-order valence-electron chi connectivity index (χ3n) is 2.55. The van der Waals surface area contributed by atoms with Gasteiger partial charge in [-0.05, 0) is 24.4 Å². The highest BCUT2D eigenvalue weighted by atomic mass is 16.4. The smallest absolute Gasteiger partial charge is 0.320 e. The molecule has 1 atom stereocenters. The van der Waals surface area contributed by atoms with Crippen LogP contribution < -0.4 is 5.32 Å². The summed E-state index contributed by atoms with van der Waals surface area (Å²) in [5, 5.41) is 12.0. The molecule has 3 nitrogen and oxygen atoms in total. The number of aliphatic carboxylic acids is 1. The molecule has 0 unspecified atom stereocenters. The van der Waals surface area contributed by atoms with E-state index in [9.17, 15) is 4.79 Å². The highest BCUT2D eigenvalue weighted by Gasteiger charge is 2.19. The zero-order valence-electron chi connectivity index (χ0n) is 9.81. The van der Waals surface area contributed by atoms with Crippen LogP contribution in [0.15, 0.2) is 30.3 Å². The van der Waals surface area contributed by atoms with Gasteiger partial charge in [0, 0.05) is 0 Å². The number of nitrogens with one attached hydrogen (secondary N) is 1. The topological polar surface area (TPSA) is 49.3 Å². The van der Waals surface area contributed by atoms with Gasteiger partial charge in [-0.2, -0.15) is 0 Å².